The van der Waals surface area contributed by atoms with E-state index in [0.29, 0.717) is 59.7 Å². The Morgan fingerprint density at radius 2 is 1.18 bits per heavy atom. The summed E-state index contributed by atoms with van der Waals surface area (Å²) in [6, 6.07) is 32.1. The monoisotopic (exact) mass is 964 g/mol. The number of Topliss-reactive ketones (excluding diaryl/α,β-unsaturated/α-hetero) is 2. The van der Waals surface area contributed by atoms with Crippen molar-refractivity contribution in [1.82, 2.24) is 0 Å². The first-order valence-corrected chi connectivity index (χ1v) is 25.3. The van der Waals surface area contributed by atoms with Crippen molar-refractivity contribution in [3.05, 3.63) is 129 Å². The van der Waals surface area contributed by atoms with Gasteiger partial charge < -0.3 is 14.6 Å². The van der Waals surface area contributed by atoms with Gasteiger partial charge in [-0.15, -0.1) is 0 Å². The highest BCUT2D eigenvalue weighted by Crippen LogP contribution is 2.65. The van der Waals surface area contributed by atoms with Crippen molar-refractivity contribution < 1.29 is 24.2 Å². The van der Waals surface area contributed by atoms with Gasteiger partial charge in [0.25, 0.3) is 0 Å². The second-order valence-corrected chi connectivity index (χ2v) is 21.2. The number of carbonyl (C=O) groups excluding carboxylic acids is 2. The molecule has 0 aliphatic heterocycles. The lowest BCUT2D eigenvalue weighted by Crippen LogP contribution is -2.44. The number of carbonyl (C=O) groups is 2. The molecule has 7 heteroatoms. The Balaban J connectivity index is 0.000000165. The fraction of sp³-hybridized carbons (Fsp3) is 0.527. The van der Waals surface area contributed by atoms with Crippen molar-refractivity contribution >= 4 is 43.4 Å². The second-order valence-electron chi connectivity index (χ2n) is 19.8. The maximum Gasteiger partial charge on any atom is 0.147 e. The minimum absolute atomic E-state index is 0.194. The molecule has 6 aliphatic rings. The normalized spacial score (nSPS) is 31.1. The van der Waals surface area contributed by atoms with E-state index in [-0.39, 0.29) is 16.7 Å². The predicted molar refractivity (Wildman–Crippen MR) is 256 cm³/mol. The predicted octanol–water partition coefficient (Wildman–Crippen LogP) is 13.4. The van der Waals surface area contributed by atoms with Crippen molar-refractivity contribution in [1.29, 1.82) is 0 Å². The molecule has 0 heterocycles. The van der Waals surface area contributed by atoms with Gasteiger partial charge in [-0.3, -0.25) is 9.59 Å². The lowest BCUT2D eigenvalue weighted by molar-refractivity contribution is -0.126. The Hall–Kier alpha value is -3.26. The SMILES string of the molecule is CC(=O)[C@H]1CC[C@H]2[C@@H]3CCc4cc(OCc5ccccc5)ccc4[C@H]3CC[C@]12C.CO.C[C@]12CC[C@@H]3c4cc(Br)c(OCc5ccccc5)cc4CC[C@H]3[C@@H]1CC[C@@H]2C(=O)CBr. The minimum Gasteiger partial charge on any atom is -0.489 e. The molecule has 4 aromatic rings. The van der Waals surface area contributed by atoms with Crippen LogP contribution in [0.15, 0.2) is 95.5 Å². The van der Waals surface area contributed by atoms with Crippen LogP contribution in [0, 0.1) is 46.3 Å². The molecular formula is C55H66Br2O5. The third-order valence-corrected chi connectivity index (χ3v) is 18.1. The highest BCUT2D eigenvalue weighted by atomic mass is 79.9. The fourth-order valence-corrected chi connectivity index (χ4v) is 15.0. The highest BCUT2D eigenvalue weighted by molar-refractivity contribution is 9.10. The molecule has 0 spiro atoms. The van der Waals surface area contributed by atoms with Crippen molar-refractivity contribution in [3.63, 3.8) is 0 Å². The van der Waals surface area contributed by atoms with Crippen molar-refractivity contribution in [3.8, 4) is 11.5 Å². The van der Waals surface area contributed by atoms with Gasteiger partial charge in [0.15, 0.2) is 0 Å². The zero-order chi connectivity index (χ0) is 43.6. The van der Waals surface area contributed by atoms with Gasteiger partial charge in [0, 0.05) is 18.9 Å². The number of ether oxygens (including phenoxy) is 2. The molecule has 0 aromatic heterocycles. The van der Waals surface area contributed by atoms with E-state index in [0.717, 1.165) is 60.6 Å². The van der Waals surface area contributed by atoms with Crippen LogP contribution in [-0.4, -0.2) is 29.1 Å². The van der Waals surface area contributed by atoms with Crippen LogP contribution in [0.5, 0.6) is 11.5 Å². The molecule has 10 rings (SSSR count). The molecule has 5 nitrogen and oxygen atoms in total. The van der Waals surface area contributed by atoms with E-state index < -0.39 is 0 Å². The summed E-state index contributed by atoms with van der Waals surface area (Å²) in [6.45, 7) is 7.87. The molecular weight excluding hydrogens is 900 g/mol. The first-order chi connectivity index (χ1) is 30.1. The molecule has 4 aromatic carbocycles. The highest BCUT2D eigenvalue weighted by Gasteiger charge is 2.57. The summed E-state index contributed by atoms with van der Waals surface area (Å²) in [5.74, 6) is 7.48. The zero-order valence-corrected chi connectivity index (χ0v) is 40.4. The topological polar surface area (TPSA) is 72.8 Å². The second kappa shape index (κ2) is 19.5. The summed E-state index contributed by atoms with van der Waals surface area (Å²) in [4.78, 5) is 24.9. The van der Waals surface area contributed by atoms with Gasteiger partial charge in [0.1, 0.15) is 36.3 Å². The number of hydrogen-bond acceptors (Lipinski definition) is 5. The molecule has 4 fully saturated rings. The van der Waals surface area contributed by atoms with Crippen LogP contribution in [0.3, 0.4) is 0 Å². The molecule has 0 saturated heterocycles. The zero-order valence-electron chi connectivity index (χ0n) is 37.2. The van der Waals surface area contributed by atoms with Crippen LogP contribution in [-0.2, 0) is 35.6 Å². The number of aliphatic hydroxyl groups is 1. The summed E-state index contributed by atoms with van der Waals surface area (Å²) in [5, 5.41) is 7.51. The Bertz CT molecular complexity index is 2190. The lowest BCUT2D eigenvalue weighted by atomic mass is 9.54. The number of halogens is 2. The number of hydrogen-bond donors (Lipinski definition) is 1. The Labute approximate surface area is 387 Å². The maximum absolute atomic E-state index is 12.6. The van der Waals surface area contributed by atoms with E-state index >= 15 is 0 Å². The third kappa shape index (κ3) is 8.77. The summed E-state index contributed by atoms with van der Waals surface area (Å²) in [7, 11) is 1.00. The molecule has 1 N–H and O–H groups in total. The van der Waals surface area contributed by atoms with Gasteiger partial charge in [-0.25, -0.2) is 0 Å². The molecule has 4 saturated carbocycles. The van der Waals surface area contributed by atoms with E-state index in [1.54, 1.807) is 5.56 Å². The minimum atomic E-state index is 0.194. The summed E-state index contributed by atoms with van der Waals surface area (Å²) in [6.07, 6.45) is 14.2. The number of fused-ring (bicyclic) bond motifs is 10. The van der Waals surface area contributed by atoms with E-state index in [9.17, 15) is 9.59 Å². The number of aryl methyl sites for hydroxylation is 2. The first kappa shape index (κ1) is 45.3. The quantitative estimate of drug-likeness (QED) is 0.169. The van der Waals surface area contributed by atoms with E-state index in [4.69, 9.17) is 14.6 Å². The standard InChI is InChI=1S/C27H30Br2O2.C27H32O2.CH4O/c1-27-12-11-19-20(22(27)9-10-23(27)25(30)15-28)8-7-18-13-26(24(29)14-21(18)19)31-16-17-5-3-2-4-6-17;1-18(28)25-12-13-26-24-10-8-20-16-21(29-17-19-6-4-3-5-7-19)9-11-22(20)23(24)14-15-27(25,26)2;1-2/h2-6,13-14,19-20,22-23H,7-12,15-16H2,1H3;3-7,9,11,16,23-26H,8,10,12-15,17H2,1-2H3;2H,1H3/t19-,20+,22-,23+,27-;23-,24-,25-,26+,27-;/m01./s1. The molecule has 0 unspecified atom stereocenters. The van der Waals surface area contributed by atoms with Crippen molar-refractivity contribution in [2.45, 2.75) is 123 Å². The van der Waals surface area contributed by atoms with Gasteiger partial charge in [-0.05, 0) is 204 Å². The Morgan fingerprint density at radius 1 is 0.645 bits per heavy atom. The average Bonchev–Trinajstić information content (AvgIpc) is 3.86. The van der Waals surface area contributed by atoms with Crippen LogP contribution in [0.1, 0.15) is 130 Å². The van der Waals surface area contributed by atoms with Gasteiger partial charge in [-0.2, -0.15) is 0 Å². The van der Waals surface area contributed by atoms with Gasteiger partial charge >= 0.3 is 0 Å². The van der Waals surface area contributed by atoms with Crippen LogP contribution in [0.25, 0.3) is 0 Å². The van der Waals surface area contributed by atoms with Gasteiger partial charge in [0.2, 0.25) is 0 Å². The van der Waals surface area contributed by atoms with E-state index in [1.807, 2.05) is 19.1 Å². The van der Waals surface area contributed by atoms with Crippen molar-refractivity contribution in [2.24, 2.45) is 46.3 Å². The Kier molecular flexibility index (Phi) is 14.2. The maximum atomic E-state index is 12.6. The molecule has 0 radical (unpaired) electrons. The van der Waals surface area contributed by atoms with Crippen LogP contribution >= 0.6 is 31.9 Å². The summed E-state index contributed by atoms with van der Waals surface area (Å²) in [5.41, 5.74) is 8.85. The average molecular weight is 967 g/mol. The van der Waals surface area contributed by atoms with Crippen LogP contribution in [0.2, 0.25) is 0 Å². The number of alkyl halides is 1. The molecule has 330 valence electrons. The van der Waals surface area contributed by atoms with Gasteiger partial charge in [0.05, 0.1) is 9.80 Å². The summed E-state index contributed by atoms with van der Waals surface area (Å²) < 4.78 is 13.3. The number of aliphatic hydroxyl groups excluding tert-OH is 1. The third-order valence-electron chi connectivity index (χ3n) is 17.0. The summed E-state index contributed by atoms with van der Waals surface area (Å²) >= 11 is 7.23. The van der Waals surface area contributed by atoms with Crippen LogP contribution < -0.4 is 9.47 Å². The van der Waals surface area contributed by atoms with Crippen LogP contribution in [0.4, 0.5) is 0 Å². The fourth-order valence-electron chi connectivity index (χ4n) is 14.1. The molecule has 0 bridgehead atoms. The lowest BCUT2D eigenvalue weighted by Gasteiger charge is -2.50. The number of benzene rings is 4. The van der Waals surface area contributed by atoms with E-state index in [1.165, 1.54) is 79.2 Å². The molecule has 62 heavy (non-hydrogen) atoms. The molecule has 10 atom stereocenters. The van der Waals surface area contributed by atoms with E-state index in [2.05, 4.69) is 125 Å². The van der Waals surface area contributed by atoms with Gasteiger partial charge in [-0.1, -0.05) is 96.5 Å². The first-order valence-electron chi connectivity index (χ1n) is 23.4. The molecule has 6 aliphatic carbocycles. The number of rotatable bonds is 9. The Morgan fingerprint density at radius 3 is 1.76 bits per heavy atom. The number of ketones is 2. The van der Waals surface area contributed by atoms with Crippen molar-refractivity contribution in [2.75, 3.05) is 12.4 Å². The smallest absolute Gasteiger partial charge is 0.147 e. The largest absolute Gasteiger partial charge is 0.489 e. The molecule has 0 amide bonds.